The molecule has 1 aromatic carbocycles. The van der Waals surface area contributed by atoms with Gasteiger partial charge in [0.05, 0.1) is 5.92 Å². The number of nitrogens with zero attached hydrogens (tertiary/aromatic N) is 1. The first kappa shape index (κ1) is 17.8. The summed E-state index contributed by atoms with van der Waals surface area (Å²) in [6.07, 6.45) is 5.13. The van der Waals surface area contributed by atoms with Crippen LogP contribution in [0.4, 0.5) is 8.78 Å². The van der Waals surface area contributed by atoms with Crippen LogP contribution in [0.5, 0.6) is 0 Å². The van der Waals surface area contributed by atoms with Gasteiger partial charge in [0.15, 0.2) is 0 Å². The third-order valence-electron chi connectivity index (χ3n) is 5.53. The Morgan fingerprint density at radius 3 is 2.40 bits per heavy atom. The molecule has 2 saturated carbocycles. The van der Waals surface area contributed by atoms with Crippen molar-refractivity contribution < 1.29 is 23.5 Å². The molecule has 0 unspecified atom stereocenters. The quantitative estimate of drug-likeness (QED) is 0.879. The number of amides is 1. The summed E-state index contributed by atoms with van der Waals surface area (Å²) in [6.45, 7) is 0.0430. The number of carbonyl (C=O) groups excluding carboxylic acids is 1. The Balaban J connectivity index is 1.79. The zero-order valence-electron chi connectivity index (χ0n) is 14.1. The van der Waals surface area contributed by atoms with Crippen LogP contribution in [0.3, 0.4) is 0 Å². The topological polar surface area (TPSA) is 57.6 Å². The molecular formula is C19H23F2NO3. The number of aliphatic carboxylic acids is 1. The Labute approximate surface area is 145 Å². The van der Waals surface area contributed by atoms with Crippen molar-refractivity contribution in [3.63, 3.8) is 0 Å². The SMILES string of the molecule is O=C(O)[C@@H]1CC[C@H](C(=O)N(Cc2cc(F)ccc2F)C2CCCC2)C1. The van der Waals surface area contributed by atoms with E-state index in [-0.39, 0.29) is 30.0 Å². The summed E-state index contributed by atoms with van der Waals surface area (Å²) in [5.74, 6) is -2.84. The average molecular weight is 351 g/mol. The largest absolute Gasteiger partial charge is 0.481 e. The number of benzene rings is 1. The highest BCUT2D eigenvalue weighted by Crippen LogP contribution is 2.35. The summed E-state index contributed by atoms with van der Waals surface area (Å²) in [7, 11) is 0. The number of carbonyl (C=O) groups is 2. The van der Waals surface area contributed by atoms with E-state index in [0.717, 1.165) is 43.9 Å². The number of hydrogen-bond donors (Lipinski definition) is 1. The van der Waals surface area contributed by atoms with Crippen molar-refractivity contribution in [3.8, 4) is 0 Å². The third-order valence-corrected chi connectivity index (χ3v) is 5.53. The lowest BCUT2D eigenvalue weighted by Crippen LogP contribution is -2.41. The molecule has 0 heterocycles. The van der Waals surface area contributed by atoms with E-state index in [0.29, 0.717) is 19.3 Å². The van der Waals surface area contributed by atoms with E-state index in [1.54, 1.807) is 4.90 Å². The lowest BCUT2D eigenvalue weighted by atomic mass is 10.0. The van der Waals surface area contributed by atoms with Gasteiger partial charge in [-0.2, -0.15) is 0 Å². The number of carboxylic acid groups (broad SMARTS) is 1. The highest BCUT2D eigenvalue weighted by atomic mass is 19.1. The van der Waals surface area contributed by atoms with Crippen LogP contribution < -0.4 is 0 Å². The minimum Gasteiger partial charge on any atom is -0.481 e. The van der Waals surface area contributed by atoms with Gasteiger partial charge in [-0.25, -0.2) is 8.78 Å². The van der Waals surface area contributed by atoms with E-state index in [9.17, 15) is 18.4 Å². The van der Waals surface area contributed by atoms with Crippen LogP contribution in [0.15, 0.2) is 18.2 Å². The van der Waals surface area contributed by atoms with Crippen molar-refractivity contribution in [2.75, 3.05) is 0 Å². The van der Waals surface area contributed by atoms with E-state index in [2.05, 4.69) is 0 Å². The molecule has 0 bridgehead atoms. The maximum Gasteiger partial charge on any atom is 0.306 e. The van der Waals surface area contributed by atoms with Gasteiger partial charge in [0.1, 0.15) is 11.6 Å². The van der Waals surface area contributed by atoms with Gasteiger partial charge in [-0.3, -0.25) is 9.59 Å². The normalized spacial score (nSPS) is 23.8. The fourth-order valence-electron chi connectivity index (χ4n) is 4.12. The molecule has 2 aliphatic carbocycles. The first-order chi connectivity index (χ1) is 12.0. The van der Waals surface area contributed by atoms with E-state index in [1.807, 2.05) is 0 Å². The molecule has 4 nitrogen and oxygen atoms in total. The van der Waals surface area contributed by atoms with Gasteiger partial charge in [0, 0.05) is 24.1 Å². The fraction of sp³-hybridized carbons (Fsp3) is 0.579. The monoisotopic (exact) mass is 351 g/mol. The van der Waals surface area contributed by atoms with E-state index in [4.69, 9.17) is 5.11 Å². The third kappa shape index (κ3) is 3.99. The molecule has 6 heteroatoms. The summed E-state index contributed by atoms with van der Waals surface area (Å²) >= 11 is 0. The first-order valence-corrected chi connectivity index (χ1v) is 8.93. The van der Waals surface area contributed by atoms with Crippen molar-refractivity contribution in [2.24, 2.45) is 11.8 Å². The zero-order chi connectivity index (χ0) is 18.0. The second-order valence-electron chi connectivity index (χ2n) is 7.19. The number of rotatable bonds is 5. The molecule has 0 radical (unpaired) electrons. The first-order valence-electron chi connectivity index (χ1n) is 8.93. The van der Waals surface area contributed by atoms with E-state index < -0.39 is 23.5 Å². The molecule has 0 saturated heterocycles. The van der Waals surface area contributed by atoms with Gasteiger partial charge in [0.2, 0.25) is 5.91 Å². The smallest absolute Gasteiger partial charge is 0.306 e. The molecule has 1 aromatic rings. The fourth-order valence-corrected chi connectivity index (χ4v) is 4.12. The summed E-state index contributed by atoms with van der Waals surface area (Å²) < 4.78 is 27.5. The minimum absolute atomic E-state index is 0.0269. The van der Waals surface area contributed by atoms with Crippen LogP contribution in [0.2, 0.25) is 0 Å². The molecule has 2 atom stereocenters. The molecule has 0 aliphatic heterocycles. The molecule has 136 valence electrons. The van der Waals surface area contributed by atoms with Gasteiger partial charge in [0.25, 0.3) is 0 Å². The number of carboxylic acids is 1. The molecule has 3 rings (SSSR count). The minimum atomic E-state index is -0.862. The molecule has 0 spiro atoms. The lowest BCUT2D eigenvalue weighted by molar-refractivity contribution is -0.142. The number of hydrogen-bond acceptors (Lipinski definition) is 2. The van der Waals surface area contributed by atoms with Crippen molar-refractivity contribution >= 4 is 11.9 Å². The van der Waals surface area contributed by atoms with Crippen molar-refractivity contribution in [3.05, 3.63) is 35.4 Å². The molecule has 2 aliphatic rings. The molecule has 1 N–H and O–H groups in total. The zero-order valence-corrected chi connectivity index (χ0v) is 14.1. The Morgan fingerprint density at radius 1 is 1.08 bits per heavy atom. The van der Waals surface area contributed by atoms with Crippen LogP contribution in [0.1, 0.15) is 50.5 Å². The van der Waals surface area contributed by atoms with Crippen LogP contribution in [0, 0.1) is 23.5 Å². The summed E-state index contributed by atoms with van der Waals surface area (Å²) in [5, 5.41) is 9.15. The second-order valence-corrected chi connectivity index (χ2v) is 7.19. The predicted octanol–water partition coefficient (Wildman–Crippen LogP) is 3.74. The summed E-state index contributed by atoms with van der Waals surface area (Å²) in [5.41, 5.74) is 0.174. The Kier molecular flexibility index (Phi) is 5.35. The highest BCUT2D eigenvalue weighted by molar-refractivity contribution is 5.81. The maximum atomic E-state index is 14.0. The average Bonchev–Trinajstić information content (AvgIpc) is 3.26. The van der Waals surface area contributed by atoms with Gasteiger partial charge in [-0.15, -0.1) is 0 Å². The van der Waals surface area contributed by atoms with Gasteiger partial charge < -0.3 is 10.0 Å². The molecule has 2 fully saturated rings. The molecule has 0 aromatic heterocycles. The molecule has 25 heavy (non-hydrogen) atoms. The Bertz CT molecular complexity index is 658. The highest BCUT2D eigenvalue weighted by Gasteiger charge is 2.38. The van der Waals surface area contributed by atoms with E-state index >= 15 is 0 Å². The van der Waals surface area contributed by atoms with Crippen LogP contribution in [-0.2, 0) is 16.1 Å². The van der Waals surface area contributed by atoms with Crippen molar-refractivity contribution in [2.45, 2.75) is 57.5 Å². The molecular weight excluding hydrogens is 328 g/mol. The second kappa shape index (κ2) is 7.50. The standard InChI is InChI=1S/C19H23F2NO3/c20-15-7-8-17(21)14(10-15)11-22(16-3-1-2-4-16)18(23)12-5-6-13(9-12)19(24)25/h7-8,10,12-13,16H,1-6,9,11H2,(H,24,25)/t12-,13+/m0/s1. The van der Waals surface area contributed by atoms with Gasteiger partial charge in [-0.05, 0) is 50.3 Å². The van der Waals surface area contributed by atoms with Crippen LogP contribution >= 0.6 is 0 Å². The number of halogens is 2. The van der Waals surface area contributed by atoms with Crippen molar-refractivity contribution in [1.82, 2.24) is 4.90 Å². The maximum absolute atomic E-state index is 14.0. The Morgan fingerprint density at radius 2 is 1.76 bits per heavy atom. The lowest BCUT2D eigenvalue weighted by Gasteiger charge is -2.31. The van der Waals surface area contributed by atoms with Gasteiger partial charge >= 0.3 is 5.97 Å². The van der Waals surface area contributed by atoms with Crippen molar-refractivity contribution in [1.29, 1.82) is 0 Å². The Hall–Kier alpha value is -1.98. The van der Waals surface area contributed by atoms with E-state index in [1.165, 1.54) is 0 Å². The van der Waals surface area contributed by atoms with Crippen LogP contribution in [0.25, 0.3) is 0 Å². The summed E-state index contributed by atoms with van der Waals surface area (Å²) in [6, 6.07) is 3.31. The van der Waals surface area contributed by atoms with Crippen LogP contribution in [-0.4, -0.2) is 27.9 Å². The summed E-state index contributed by atoms with van der Waals surface area (Å²) in [4.78, 5) is 25.8. The molecule has 1 amide bonds. The van der Waals surface area contributed by atoms with Gasteiger partial charge in [-0.1, -0.05) is 12.8 Å². The predicted molar refractivity (Wildman–Crippen MR) is 87.6 cm³/mol.